The quantitative estimate of drug-likeness (QED) is 0.359. The Balaban J connectivity index is 1.22. The molecule has 1 aromatic heterocycles. The topological polar surface area (TPSA) is 166 Å². The number of phosphoric acid groups is 1. The lowest BCUT2D eigenvalue weighted by atomic mass is 9.96. The molecule has 3 N–H and O–H groups in total. The van der Waals surface area contributed by atoms with Crippen LogP contribution in [0.3, 0.4) is 0 Å². The number of fused-ring (bicyclic) bond motifs is 2. The molecule has 0 aliphatic carbocycles. The third-order valence-electron chi connectivity index (χ3n) is 6.95. The van der Waals surface area contributed by atoms with Gasteiger partial charge in [-0.3, -0.25) is 13.6 Å². The van der Waals surface area contributed by atoms with E-state index >= 15 is 0 Å². The molecule has 4 aliphatic heterocycles. The molecule has 5 heterocycles. The highest BCUT2D eigenvalue weighted by molar-refractivity contribution is 7.48. The number of phosphoric ester groups is 1. The smallest absolute Gasteiger partial charge is 0.476 e. The highest BCUT2D eigenvalue weighted by Gasteiger charge is 2.66. The number of nitrogens with one attached hydrogen (secondary N) is 1. The van der Waals surface area contributed by atoms with Gasteiger partial charge >= 0.3 is 14.0 Å². The molecule has 17 heteroatoms. The molecule has 0 bridgehead atoms. The molecule has 0 radical (unpaired) electrons. The van der Waals surface area contributed by atoms with Gasteiger partial charge in [0, 0.05) is 12.0 Å². The molecule has 3 fully saturated rings. The first-order valence-electron chi connectivity index (χ1n) is 12.5. The summed E-state index contributed by atoms with van der Waals surface area (Å²) in [4.78, 5) is 22.3. The van der Waals surface area contributed by atoms with Crippen molar-refractivity contribution in [2.75, 3.05) is 42.4 Å². The van der Waals surface area contributed by atoms with Crippen LogP contribution in [0.15, 0.2) is 18.2 Å². The van der Waals surface area contributed by atoms with E-state index in [2.05, 4.69) is 15.3 Å². The standard InChI is InChI=1S/C23H26F2N5O9P/c1-3-33-19-16-18(28-21(26)29-19)27-10-30(16)20-23(2)17(37-22(31)38-23)15(36-20)9-35-40(32)34-7-6-14(39-40)12-8-11(24)4-5-13(12)25/h4-5,8,14-15,17,20H,3,6-7,9-10H2,1-2H3,(H3,26,27,28,29)/t14-,15+,17+,20+,23+,40+/m0/s1. The fourth-order valence-corrected chi connectivity index (χ4v) is 6.61. The van der Waals surface area contributed by atoms with Crippen molar-refractivity contribution in [1.82, 2.24) is 9.97 Å². The first-order valence-corrected chi connectivity index (χ1v) is 13.9. The Morgan fingerprint density at radius 3 is 2.95 bits per heavy atom. The van der Waals surface area contributed by atoms with Gasteiger partial charge in [0.15, 0.2) is 23.8 Å². The third-order valence-corrected chi connectivity index (χ3v) is 8.43. The van der Waals surface area contributed by atoms with Crippen LogP contribution in [0.4, 0.5) is 31.0 Å². The minimum absolute atomic E-state index is 0.00324. The monoisotopic (exact) mass is 585 g/mol. The van der Waals surface area contributed by atoms with Gasteiger partial charge in [-0.15, -0.1) is 0 Å². The molecule has 0 saturated carbocycles. The molecule has 0 unspecified atom stereocenters. The molecular weight excluding hydrogens is 559 g/mol. The van der Waals surface area contributed by atoms with Crippen LogP contribution in [0.2, 0.25) is 0 Å². The third kappa shape index (κ3) is 4.59. The van der Waals surface area contributed by atoms with Crippen LogP contribution in [0.5, 0.6) is 5.88 Å². The zero-order valence-corrected chi connectivity index (χ0v) is 22.3. The fourth-order valence-electron chi connectivity index (χ4n) is 5.23. The van der Waals surface area contributed by atoms with Gasteiger partial charge in [0.05, 0.1) is 32.6 Å². The number of hydrogen-bond acceptors (Lipinski definition) is 14. The van der Waals surface area contributed by atoms with Crippen LogP contribution in [0, 0.1) is 11.6 Å². The first kappa shape index (κ1) is 26.9. The van der Waals surface area contributed by atoms with Crippen molar-refractivity contribution in [2.24, 2.45) is 0 Å². The molecule has 0 amide bonds. The molecule has 0 spiro atoms. The number of anilines is 3. The Hall–Kier alpha value is -3.30. The number of hydrogen-bond donors (Lipinski definition) is 2. The van der Waals surface area contributed by atoms with Crippen molar-refractivity contribution < 1.29 is 50.7 Å². The second-order valence-corrected chi connectivity index (χ2v) is 11.2. The highest BCUT2D eigenvalue weighted by Crippen LogP contribution is 2.58. The lowest BCUT2D eigenvalue weighted by Gasteiger charge is -2.33. The Morgan fingerprint density at radius 1 is 1.32 bits per heavy atom. The Bertz CT molecular complexity index is 1390. The number of carbonyl (C=O) groups excluding carboxylic acids is 1. The number of aromatic nitrogens is 2. The number of benzene rings is 1. The molecule has 1 aromatic carbocycles. The Kier molecular flexibility index (Phi) is 6.70. The number of ether oxygens (including phenoxy) is 4. The van der Waals surface area contributed by atoms with E-state index in [0.29, 0.717) is 18.1 Å². The average molecular weight is 585 g/mol. The van der Waals surface area contributed by atoms with Gasteiger partial charge in [-0.1, -0.05) is 0 Å². The lowest BCUT2D eigenvalue weighted by molar-refractivity contribution is -0.0612. The summed E-state index contributed by atoms with van der Waals surface area (Å²) in [6.07, 6.45) is -4.77. The minimum Gasteiger partial charge on any atom is -0.476 e. The van der Waals surface area contributed by atoms with E-state index in [1.54, 1.807) is 18.7 Å². The molecule has 6 rings (SSSR count). The van der Waals surface area contributed by atoms with Crippen molar-refractivity contribution in [3.63, 3.8) is 0 Å². The number of nitrogens with zero attached hydrogens (tertiary/aromatic N) is 3. The van der Waals surface area contributed by atoms with E-state index in [1.165, 1.54) is 0 Å². The van der Waals surface area contributed by atoms with Gasteiger partial charge in [-0.2, -0.15) is 9.97 Å². The molecule has 6 atom stereocenters. The number of carbonyl (C=O) groups is 1. The van der Waals surface area contributed by atoms with E-state index in [4.69, 9.17) is 38.3 Å². The Morgan fingerprint density at radius 2 is 2.15 bits per heavy atom. The number of nitrogens with two attached hydrogens (primary N) is 1. The molecule has 14 nitrogen and oxygen atoms in total. The largest absolute Gasteiger partial charge is 0.509 e. The predicted molar refractivity (Wildman–Crippen MR) is 131 cm³/mol. The normalized spacial score (nSPS) is 32.7. The Labute approximate surface area is 226 Å². The van der Waals surface area contributed by atoms with E-state index in [9.17, 15) is 18.1 Å². The average Bonchev–Trinajstić information content (AvgIpc) is 3.53. The summed E-state index contributed by atoms with van der Waals surface area (Å²) in [6, 6.07) is 2.90. The van der Waals surface area contributed by atoms with Crippen molar-refractivity contribution in [3.8, 4) is 5.88 Å². The van der Waals surface area contributed by atoms with Crippen LogP contribution >= 0.6 is 7.82 Å². The number of rotatable bonds is 7. The van der Waals surface area contributed by atoms with Crippen molar-refractivity contribution in [1.29, 1.82) is 0 Å². The summed E-state index contributed by atoms with van der Waals surface area (Å²) in [5.41, 5.74) is 4.81. The molecule has 2 aromatic rings. The summed E-state index contributed by atoms with van der Waals surface area (Å²) in [5, 5.41) is 3.09. The van der Waals surface area contributed by atoms with E-state index < -0.39 is 62.4 Å². The molecular formula is C23H26F2N5O9P. The van der Waals surface area contributed by atoms with E-state index in [1.807, 2.05) is 0 Å². The molecule has 40 heavy (non-hydrogen) atoms. The summed E-state index contributed by atoms with van der Waals surface area (Å²) in [6.45, 7) is 3.38. The van der Waals surface area contributed by atoms with Crippen molar-refractivity contribution >= 4 is 31.4 Å². The predicted octanol–water partition coefficient (Wildman–Crippen LogP) is 3.25. The summed E-state index contributed by atoms with van der Waals surface area (Å²) in [5.74, 6) is -0.789. The SMILES string of the molecule is CCOc1nc(N)nc2c1N([C@@H]1O[C@H](CO[P@@]3(=O)OCC[C@@H](c4cc(F)ccc4F)O3)[C@H]3OC(=O)O[C@]31C)CN2. The molecule has 4 aliphatic rings. The fraction of sp³-hybridized carbons (Fsp3) is 0.522. The maximum atomic E-state index is 14.3. The molecule has 216 valence electrons. The lowest BCUT2D eigenvalue weighted by Crippen LogP contribution is -2.52. The second-order valence-electron chi connectivity index (χ2n) is 9.55. The van der Waals surface area contributed by atoms with Gasteiger partial charge < -0.3 is 34.9 Å². The van der Waals surface area contributed by atoms with Gasteiger partial charge in [-0.25, -0.2) is 18.1 Å². The van der Waals surface area contributed by atoms with E-state index in [-0.39, 0.29) is 37.1 Å². The summed E-state index contributed by atoms with van der Waals surface area (Å²) >= 11 is 0. The van der Waals surface area contributed by atoms with Crippen LogP contribution < -0.4 is 20.7 Å². The van der Waals surface area contributed by atoms with Crippen molar-refractivity contribution in [3.05, 3.63) is 35.4 Å². The maximum absolute atomic E-state index is 14.3. The number of halogens is 2. The van der Waals surface area contributed by atoms with Gasteiger partial charge in [0.2, 0.25) is 11.8 Å². The van der Waals surface area contributed by atoms with Gasteiger partial charge in [0.1, 0.15) is 23.4 Å². The van der Waals surface area contributed by atoms with Crippen LogP contribution in [-0.2, 0) is 32.3 Å². The zero-order valence-electron chi connectivity index (χ0n) is 21.4. The second kappa shape index (κ2) is 9.96. The molecule has 3 saturated heterocycles. The highest BCUT2D eigenvalue weighted by atomic mass is 31.2. The van der Waals surface area contributed by atoms with E-state index in [0.717, 1.165) is 18.2 Å². The van der Waals surface area contributed by atoms with Crippen LogP contribution in [0.1, 0.15) is 31.9 Å². The number of nitrogen functional groups attached to an aromatic ring is 1. The minimum atomic E-state index is -4.25. The van der Waals surface area contributed by atoms with Crippen LogP contribution in [-0.4, -0.2) is 66.6 Å². The maximum Gasteiger partial charge on any atom is 0.509 e. The van der Waals surface area contributed by atoms with Gasteiger partial charge in [0.25, 0.3) is 0 Å². The summed E-state index contributed by atoms with van der Waals surface area (Å²) in [7, 11) is -4.25. The van der Waals surface area contributed by atoms with Crippen molar-refractivity contribution in [2.45, 2.75) is 50.4 Å². The first-order chi connectivity index (χ1) is 19.1. The van der Waals surface area contributed by atoms with Crippen LogP contribution in [0.25, 0.3) is 0 Å². The zero-order chi connectivity index (χ0) is 28.2. The summed E-state index contributed by atoms with van der Waals surface area (Å²) < 4.78 is 80.5. The van der Waals surface area contributed by atoms with Gasteiger partial charge in [-0.05, 0) is 32.0 Å².